The Hall–Kier alpha value is -1.36. The molecule has 1 aliphatic carbocycles. The van der Waals surface area contributed by atoms with Crippen LogP contribution in [0.25, 0.3) is 0 Å². The second kappa shape index (κ2) is 13.1. The number of aliphatic hydroxyl groups is 2. The Bertz CT molecular complexity index is 658. The fraction of sp³-hybridized carbons (Fsp3) is 0.640. The standard InChI is InChI=1S/C25H37ClO4/c1-2-3-4-8-11-22(27)18-13-15-19(16-14-18)25-20(21(26)17-23(25)28)10-7-5-6-9-12-24(29)30/h5,7,13-16,20-23,25,27-28H,2-4,6,8-12,17H2,1H3,(H,29,30)/b7-5-/t20-,21-,22?,23+,25+/m0/s1. The second-order valence-electron chi connectivity index (χ2n) is 8.53. The molecular weight excluding hydrogens is 400 g/mol. The molecule has 3 N–H and O–H groups in total. The third kappa shape index (κ3) is 7.72. The average Bonchev–Trinajstić information content (AvgIpc) is 3.00. The first-order valence-corrected chi connectivity index (χ1v) is 11.8. The summed E-state index contributed by atoms with van der Waals surface area (Å²) in [4.78, 5) is 10.6. The van der Waals surface area contributed by atoms with Crippen molar-refractivity contribution < 1.29 is 20.1 Å². The minimum Gasteiger partial charge on any atom is -0.481 e. The molecule has 4 nitrogen and oxygen atoms in total. The van der Waals surface area contributed by atoms with Crippen LogP contribution in [0.15, 0.2) is 36.4 Å². The average molecular weight is 437 g/mol. The monoisotopic (exact) mass is 436 g/mol. The van der Waals surface area contributed by atoms with Crippen molar-refractivity contribution in [2.75, 3.05) is 0 Å². The number of aliphatic hydroxyl groups excluding tert-OH is 2. The number of benzene rings is 1. The Balaban J connectivity index is 1.94. The summed E-state index contributed by atoms with van der Waals surface area (Å²) in [5.41, 5.74) is 2.00. The van der Waals surface area contributed by atoms with E-state index >= 15 is 0 Å². The van der Waals surface area contributed by atoms with E-state index < -0.39 is 18.2 Å². The quantitative estimate of drug-likeness (QED) is 0.202. The molecule has 0 spiro atoms. The Kier molecular flexibility index (Phi) is 10.9. The minimum absolute atomic E-state index is 0.0214. The first-order valence-electron chi connectivity index (χ1n) is 11.4. The predicted octanol–water partition coefficient (Wildman–Crippen LogP) is 5.96. The first-order chi connectivity index (χ1) is 14.4. The minimum atomic E-state index is -0.766. The van der Waals surface area contributed by atoms with Gasteiger partial charge < -0.3 is 15.3 Å². The third-order valence-electron chi connectivity index (χ3n) is 6.18. The van der Waals surface area contributed by atoms with Crippen molar-refractivity contribution in [2.24, 2.45) is 5.92 Å². The SMILES string of the molecule is CCCCCCC(O)c1ccc([C@@H]2[C@@H](C/C=C\CCCC(=O)O)[C@@H](Cl)C[C@H]2O)cc1. The zero-order chi connectivity index (χ0) is 21.9. The summed E-state index contributed by atoms with van der Waals surface area (Å²) in [6, 6.07) is 8.01. The molecule has 0 amide bonds. The van der Waals surface area contributed by atoms with Crippen molar-refractivity contribution in [3.63, 3.8) is 0 Å². The number of hydrogen-bond acceptors (Lipinski definition) is 3. The van der Waals surface area contributed by atoms with Gasteiger partial charge in [-0.25, -0.2) is 0 Å². The van der Waals surface area contributed by atoms with Crippen LogP contribution in [-0.2, 0) is 4.79 Å². The molecule has 1 aliphatic rings. The van der Waals surface area contributed by atoms with Crippen LogP contribution in [0, 0.1) is 5.92 Å². The van der Waals surface area contributed by atoms with Crippen molar-refractivity contribution in [3.05, 3.63) is 47.5 Å². The van der Waals surface area contributed by atoms with Crippen molar-refractivity contribution in [1.82, 2.24) is 0 Å². The second-order valence-corrected chi connectivity index (χ2v) is 9.09. The molecule has 5 heteroatoms. The summed E-state index contributed by atoms with van der Waals surface area (Å²) in [5, 5.41) is 29.6. The molecule has 0 aliphatic heterocycles. The lowest BCUT2D eigenvalue weighted by atomic mass is 9.84. The van der Waals surface area contributed by atoms with Gasteiger partial charge in [-0.15, -0.1) is 11.6 Å². The number of unbranched alkanes of at least 4 members (excludes halogenated alkanes) is 4. The van der Waals surface area contributed by atoms with E-state index in [9.17, 15) is 15.0 Å². The van der Waals surface area contributed by atoms with Crippen molar-refractivity contribution >= 4 is 17.6 Å². The maximum absolute atomic E-state index is 10.6. The largest absolute Gasteiger partial charge is 0.481 e. The summed E-state index contributed by atoms with van der Waals surface area (Å²) in [6.07, 6.45) is 11.5. The fourth-order valence-corrected chi connectivity index (χ4v) is 4.88. The number of rotatable bonds is 13. The highest BCUT2D eigenvalue weighted by atomic mass is 35.5. The van der Waals surface area contributed by atoms with Crippen LogP contribution in [0.1, 0.15) is 94.3 Å². The van der Waals surface area contributed by atoms with E-state index in [0.29, 0.717) is 12.8 Å². The van der Waals surface area contributed by atoms with E-state index in [0.717, 1.165) is 43.2 Å². The summed E-state index contributed by atoms with van der Waals surface area (Å²) >= 11 is 6.55. The number of aliphatic carboxylic acids is 1. The number of alkyl halides is 1. The van der Waals surface area contributed by atoms with Crippen molar-refractivity contribution in [1.29, 1.82) is 0 Å². The molecule has 0 bridgehead atoms. The molecule has 0 aromatic heterocycles. The lowest BCUT2D eigenvalue weighted by Crippen LogP contribution is -2.18. The van der Waals surface area contributed by atoms with Gasteiger partial charge in [0.1, 0.15) is 0 Å². The highest BCUT2D eigenvalue weighted by molar-refractivity contribution is 6.21. The van der Waals surface area contributed by atoms with E-state index in [1.54, 1.807) is 0 Å². The van der Waals surface area contributed by atoms with E-state index in [-0.39, 0.29) is 23.6 Å². The van der Waals surface area contributed by atoms with Crippen LogP contribution in [0.2, 0.25) is 0 Å². The van der Waals surface area contributed by atoms with E-state index in [1.165, 1.54) is 12.8 Å². The van der Waals surface area contributed by atoms with Gasteiger partial charge >= 0.3 is 5.97 Å². The number of carboxylic acids is 1. The molecule has 1 unspecified atom stereocenters. The third-order valence-corrected chi connectivity index (χ3v) is 6.68. The zero-order valence-corrected chi connectivity index (χ0v) is 18.8. The van der Waals surface area contributed by atoms with Gasteiger partial charge in [0.25, 0.3) is 0 Å². The molecule has 168 valence electrons. The summed E-state index contributed by atoms with van der Waals surface area (Å²) in [6.45, 7) is 2.18. The smallest absolute Gasteiger partial charge is 0.303 e. The lowest BCUT2D eigenvalue weighted by molar-refractivity contribution is -0.137. The molecule has 2 rings (SSSR count). The summed E-state index contributed by atoms with van der Waals surface area (Å²) in [5.74, 6) is -0.646. The highest BCUT2D eigenvalue weighted by Crippen LogP contribution is 2.45. The van der Waals surface area contributed by atoms with E-state index in [2.05, 4.69) is 13.0 Å². The molecule has 1 saturated carbocycles. The van der Waals surface area contributed by atoms with Gasteiger partial charge in [0.15, 0.2) is 0 Å². The molecule has 1 aromatic rings. The highest BCUT2D eigenvalue weighted by Gasteiger charge is 2.41. The van der Waals surface area contributed by atoms with Crippen LogP contribution in [0.3, 0.4) is 0 Å². The first kappa shape index (κ1) is 24.9. The topological polar surface area (TPSA) is 77.8 Å². The zero-order valence-electron chi connectivity index (χ0n) is 18.0. The van der Waals surface area contributed by atoms with Crippen LogP contribution in [0.4, 0.5) is 0 Å². The number of carboxylic acid groups (broad SMARTS) is 1. The Morgan fingerprint density at radius 2 is 1.90 bits per heavy atom. The van der Waals surface area contributed by atoms with Crippen LogP contribution in [-0.4, -0.2) is 32.8 Å². The normalized spacial score (nSPS) is 25.1. The number of halogens is 1. The maximum atomic E-state index is 10.6. The molecule has 5 atom stereocenters. The van der Waals surface area contributed by atoms with E-state index in [1.807, 2.05) is 30.3 Å². The fourth-order valence-electron chi connectivity index (χ4n) is 4.44. The molecule has 30 heavy (non-hydrogen) atoms. The van der Waals surface area contributed by atoms with Gasteiger partial charge in [0.05, 0.1) is 12.2 Å². The molecule has 0 heterocycles. The Morgan fingerprint density at radius 3 is 2.57 bits per heavy atom. The maximum Gasteiger partial charge on any atom is 0.303 e. The predicted molar refractivity (Wildman–Crippen MR) is 122 cm³/mol. The van der Waals surface area contributed by atoms with Gasteiger partial charge in [-0.2, -0.15) is 0 Å². The van der Waals surface area contributed by atoms with Crippen LogP contribution >= 0.6 is 11.6 Å². The van der Waals surface area contributed by atoms with E-state index in [4.69, 9.17) is 16.7 Å². The van der Waals surface area contributed by atoms with Gasteiger partial charge in [-0.1, -0.05) is 69.0 Å². The molecule has 0 saturated heterocycles. The Labute approximate surface area is 186 Å². The van der Waals surface area contributed by atoms with Crippen molar-refractivity contribution in [3.8, 4) is 0 Å². The number of allylic oxidation sites excluding steroid dienone is 2. The summed E-state index contributed by atoms with van der Waals surface area (Å²) in [7, 11) is 0. The lowest BCUT2D eigenvalue weighted by Gasteiger charge is -2.23. The molecule has 1 fully saturated rings. The molecular formula is C25H37ClO4. The van der Waals surface area contributed by atoms with Gasteiger partial charge in [-0.3, -0.25) is 4.79 Å². The molecule has 1 aromatic carbocycles. The Morgan fingerprint density at radius 1 is 1.17 bits per heavy atom. The van der Waals surface area contributed by atoms with Crippen LogP contribution < -0.4 is 0 Å². The van der Waals surface area contributed by atoms with Gasteiger partial charge in [0.2, 0.25) is 0 Å². The number of carbonyl (C=O) groups is 1. The summed E-state index contributed by atoms with van der Waals surface area (Å²) < 4.78 is 0. The van der Waals surface area contributed by atoms with Crippen molar-refractivity contribution in [2.45, 2.75) is 94.6 Å². The van der Waals surface area contributed by atoms with Gasteiger partial charge in [0, 0.05) is 17.7 Å². The van der Waals surface area contributed by atoms with Gasteiger partial charge in [-0.05, 0) is 49.1 Å². The number of hydrogen-bond donors (Lipinski definition) is 3. The molecule has 0 radical (unpaired) electrons. The van der Waals surface area contributed by atoms with Crippen LogP contribution in [0.5, 0.6) is 0 Å².